The highest BCUT2D eigenvalue weighted by Gasteiger charge is 2.24. The molecule has 2 aromatic rings. The first-order valence-electron chi connectivity index (χ1n) is 6.89. The Morgan fingerprint density at radius 2 is 2.40 bits per heavy atom. The molecule has 1 aliphatic rings. The summed E-state index contributed by atoms with van der Waals surface area (Å²) in [6.45, 7) is 3.10. The van der Waals surface area contributed by atoms with Crippen LogP contribution in [0.25, 0.3) is 0 Å². The van der Waals surface area contributed by atoms with Gasteiger partial charge in [-0.2, -0.15) is 10.4 Å². The predicted molar refractivity (Wildman–Crippen MR) is 73.9 cm³/mol. The number of nitriles is 1. The van der Waals surface area contributed by atoms with Crippen LogP contribution in [0.4, 0.5) is 0 Å². The van der Waals surface area contributed by atoms with Gasteiger partial charge in [-0.3, -0.25) is 4.68 Å². The summed E-state index contributed by atoms with van der Waals surface area (Å²) in [5, 5.41) is 13.1. The quantitative estimate of drug-likeness (QED) is 0.830. The fraction of sp³-hybridized carbons (Fsp3) is 0.500. The molecule has 1 atom stereocenters. The van der Waals surface area contributed by atoms with E-state index in [0.717, 1.165) is 38.3 Å². The predicted octanol–water partition coefficient (Wildman–Crippen LogP) is 0.978. The van der Waals surface area contributed by atoms with Gasteiger partial charge in [0.05, 0.1) is 17.8 Å². The zero-order valence-electron chi connectivity index (χ0n) is 11.6. The van der Waals surface area contributed by atoms with Gasteiger partial charge in [0.25, 0.3) is 0 Å². The molecule has 0 bridgehead atoms. The largest absolute Gasteiger partial charge is 0.338 e. The first kappa shape index (κ1) is 12.9. The van der Waals surface area contributed by atoms with Gasteiger partial charge < -0.3 is 9.47 Å². The van der Waals surface area contributed by atoms with Crippen LogP contribution in [0.5, 0.6) is 0 Å². The summed E-state index contributed by atoms with van der Waals surface area (Å²) in [6.07, 6.45) is 9.36. The second-order valence-corrected chi connectivity index (χ2v) is 5.27. The highest BCUT2D eigenvalue weighted by Crippen LogP contribution is 2.21. The van der Waals surface area contributed by atoms with Crippen LogP contribution in [0.15, 0.2) is 24.8 Å². The van der Waals surface area contributed by atoms with E-state index in [9.17, 15) is 0 Å². The van der Waals surface area contributed by atoms with Gasteiger partial charge >= 0.3 is 0 Å². The molecule has 3 rings (SSSR count). The molecule has 20 heavy (non-hydrogen) atoms. The molecule has 0 amide bonds. The lowest BCUT2D eigenvalue weighted by Crippen LogP contribution is -2.25. The summed E-state index contributed by atoms with van der Waals surface area (Å²) in [5.74, 6) is 1.12. The first-order valence-corrected chi connectivity index (χ1v) is 6.89. The zero-order chi connectivity index (χ0) is 13.9. The Labute approximate surface area is 118 Å². The summed E-state index contributed by atoms with van der Waals surface area (Å²) in [6, 6.07) is 2.51. The normalized spacial score (nSPS) is 19.3. The molecular formula is C14H18N6. The van der Waals surface area contributed by atoms with Crippen molar-refractivity contribution in [1.29, 1.82) is 5.26 Å². The highest BCUT2D eigenvalue weighted by molar-refractivity contribution is 5.22. The Morgan fingerprint density at radius 3 is 3.10 bits per heavy atom. The molecule has 104 valence electrons. The van der Waals surface area contributed by atoms with Crippen LogP contribution in [-0.2, 0) is 13.5 Å². The summed E-state index contributed by atoms with van der Waals surface area (Å²) >= 11 is 0. The maximum Gasteiger partial charge on any atom is 0.109 e. The lowest BCUT2D eigenvalue weighted by Gasteiger charge is -2.15. The van der Waals surface area contributed by atoms with Crippen LogP contribution in [0, 0.1) is 11.3 Å². The number of likely N-dealkylation sites (tertiary alicyclic amines) is 1. The third-order valence-corrected chi connectivity index (χ3v) is 3.92. The standard InChI is InChI=1S/C14H18N6/c1-18-7-4-16-14(18)3-6-19-5-2-13(11-19)20-10-12(8-15)9-17-20/h4,7,9-10,13H,2-3,5-6,11H2,1H3. The third kappa shape index (κ3) is 2.58. The molecule has 0 aromatic carbocycles. The van der Waals surface area contributed by atoms with Crippen LogP contribution in [0.1, 0.15) is 23.9 Å². The highest BCUT2D eigenvalue weighted by atomic mass is 15.3. The molecule has 0 spiro atoms. The van der Waals surface area contributed by atoms with Crippen LogP contribution in [0.3, 0.4) is 0 Å². The zero-order valence-corrected chi connectivity index (χ0v) is 11.6. The van der Waals surface area contributed by atoms with E-state index in [0.29, 0.717) is 11.6 Å². The van der Waals surface area contributed by atoms with Crippen molar-refractivity contribution in [1.82, 2.24) is 24.2 Å². The maximum atomic E-state index is 8.84. The van der Waals surface area contributed by atoms with Crippen LogP contribution in [0.2, 0.25) is 0 Å². The Bertz CT molecular complexity index is 620. The second-order valence-electron chi connectivity index (χ2n) is 5.27. The number of aryl methyl sites for hydroxylation is 1. The molecular weight excluding hydrogens is 252 g/mol. The Morgan fingerprint density at radius 1 is 1.50 bits per heavy atom. The third-order valence-electron chi connectivity index (χ3n) is 3.92. The van der Waals surface area contributed by atoms with Crippen molar-refractivity contribution in [2.45, 2.75) is 18.9 Å². The van der Waals surface area contributed by atoms with Gasteiger partial charge in [-0.15, -0.1) is 0 Å². The van der Waals surface area contributed by atoms with Crippen LogP contribution in [-0.4, -0.2) is 43.9 Å². The number of aromatic nitrogens is 4. The molecule has 1 unspecified atom stereocenters. The van der Waals surface area contributed by atoms with Gasteiger partial charge in [-0.25, -0.2) is 4.98 Å². The Hall–Kier alpha value is -2.13. The monoisotopic (exact) mass is 270 g/mol. The van der Waals surface area contributed by atoms with Crippen molar-refractivity contribution in [2.24, 2.45) is 7.05 Å². The molecule has 1 fully saturated rings. The molecule has 1 saturated heterocycles. The summed E-state index contributed by atoms with van der Waals surface area (Å²) in [7, 11) is 2.03. The summed E-state index contributed by atoms with van der Waals surface area (Å²) in [4.78, 5) is 6.79. The number of rotatable bonds is 4. The smallest absolute Gasteiger partial charge is 0.109 e. The van der Waals surface area contributed by atoms with E-state index >= 15 is 0 Å². The summed E-state index contributed by atoms with van der Waals surface area (Å²) < 4.78 is 4.00. The van der Waals surface area contributed by atoms with Crippen LogP contribution < -0.4 is 0 Å². The average Bonchev–Trinajstić information content (AvgIpc) is 3.16. The van der Waals surface area contributed by atoms with E-state index in [2.05, 4.69) is 25.6 Å². The molecule has 2 aromatic heterocycles. The van der Waals surface area contributed by atoms with Crippen molar-refractivity contribution in [3.8, 4) is 6.07 Å². The van der Waals surface area contributed by atoms with E-state index in [1.165, 1.54) is 0 Å². The number of imidazole rings is 1. The Balaban J connectivity index is 1.54. The van der Waals surface area contributed by atoms with Gasteiger partial charge in [-0.1, -0.05) is 0 Å². The minimum atomic E-state index is 0.387. The molecule has 6 nitrogen and oxygen atoms in total. The van der Waals surface area contributed by atoms with E-state index in [4.69, 9.17) is 5.26 Å². The SMILES string of the molecule is Cn1ccnc1CCN1CCC(n2cc(C#N)cn2)C1. The van der Waals surface area contributed by atoms with E-state index in [1.54, 1.807) is 6.20 Å². The number of nitrogens with zero attached hydrogens (tertiary/aromatic N) is 6. The molecule has 3 heterocycles. The maximum absolute atomic E-state index is 8.84. The fourth-order valence-electron chi connectivity index (χ4n) is 2.72. The summed E-state index contributed by atoms with van der Waals surface area (Å²) in [5.41, 5.74) is 0.636. The van der Waals surface area contributed by atoms with Crippen molar-refractivity contribution >= 4 is 0 Å². The fourth-order valence-corrected chi connectivity index (χ4v) is 2.72. The van der Waals surface area contributed by atoms with Gasteiger partial charge in [0.15, 0.2) is 0 Å². The van der Waals surface area contributed by atoms with Gasteiger partial charge in [0.2, 0.25) is 0 Å². The molecule has 1 aliphatic heterocycles. The van der Waals surface area contributed by atoms with E-state index in [-0.39, 0.29) is 0 Å². The molecule has 0 radical (unpaired) electrons. The lowest BCUT2D eigenvalue weighted by atomic mass is 10.3. The van der Waals surface area contributed by atoms with Crippen LogP contribution >= 0.6 is 0 Å². The topological polar surface area (TPSA) is 62.7 Å². The van der Waals surface area contributed by atoms with Gasteiger partial charge in [-0.05, 0) is 6.42 Å². The molecule has 0 saturated carbocycles. The van der Waals surface area contributed by atoms with Gasteiger partial charge in [0, 0.05) is 51.7 Å². The van der Waals surface area contributed by atoms with Gasteiger partial charge in [0.1, 0.15) is 11.9 Å². The molecule has 0 N–H and O–H groups in total. The average molecular weight is 270 g/mol. The Kier molecular flexibility index (Phi) is 3.52. The first-order chi connectivity index (χ1) is 9.76. The molecule has 0 aliphatic carbocycles. The van der Waals surface area contributed by atoms with Crippen molar-refractivity contribution < 1.29 is 0 Å². The number of hydrogen-bond donors (Lipinski definition) is 0. The van der Waals surface area contributed by atoms with Crippen molar-refractivity contribution in [3.63, 3.8) is 0 Å². The van der Waals surface area contributed by atoms with E-state index < -0.39 is 0 Å². The lowest BCUT2D eigenvalue weighted by molar-refractivity contribution is 0.319. The van der Waals surface area contributed by atoms with Crippen molar-refractivity contribution in [3.05, 3.63) is 36.2 Å². The minimum Gasteiger partial charge on any atom is -0.338 e. The number of hydrogen-bond acceptors (Lipinski definition) is 4. The van der Waals surface area contributed by atoms with E-state index in [1.807, 2.05) is 30.3 Å². The van der Waals surface area contributed by atoms with Crippen molar-refractivity contribution in [2.75, 3.05) is 19.6 Å². The molecule has 6 heteroatoms. The second kappa shape index (κ2) is 5.47. The minimum absolute atomic E-state index is 0.387.